The predicted octanol–water partition coefficient (Wildman–Crippen LogP) is 7.18. The van der Waals surface area contributed by atoms with E-state index in [1.165, 1.54) is 57.8 Å². The van der Waals surface area contributed by atoms with E-state index in [2.05, 4.69) is 34.6 Å². The molecule has 9 atom stereocenters. The van der Waals surface area contributed by atoms with Crippen molar-refractivity contribution in [1.29, 1.82) is 0 Å². The molecule has 0 aromatic heterocycles. The van der Waals surface area contributed by atoms with Crippen molar-refractivity contribution in [2.45, 2.75) is 125 Å². The molecule has 5 rings (SSSR count). The second-order valence-corrected chi connectivity index (χ2v) is 14.1. The summed E-state index contributed by atoms with van der Waals surface area (Å²) in [7, 11) is 0. The molecule has 0 aromatic rings. The number of aliphatic hydroxyl groups excluding tert-OH is 1. The van der Waals surface area contributed by atoms with Gasteiger partial charge in [-0.25, -0.2) is 0 Å². The van der Waals surface area contributed by atoms with Crippen molar-refractivity contribution < 1.29 is 9.90 Å². The van der Waals surface area contributed by atoms with Gasteiger partial charge in [-0.2, -0.15) is 0 Å². The van der Waals surface area contributed by atoms with E-state index in [9.17, 15) is 9.90 Å². The lowest BCUT2D eigenvalue weighted by molar-refractivity contribution is -0.161. The van der Waals surface area contributed by atoms with Crippen LogP contribution >= 0.6 is 0 Å². The summed E-state index contributed by atoms with van der Waals surface area (Å²) in [4.78, 5) is 11.5. The normalized spacial score (nSPS) is 53.0. The van der Waals surface area contributed by atoms with Crippen LogP contribution in [0.25, 0.3) is 0 Å². The maximum absolute atomic E-state index is 11.5. The van der Waals surface area contributed by atoms with Crippen molar-refractivity contribution in [3.8, 4) is 0 Å². The minimum Gasteiger partial charge on any atom is -0.393 e. The lowest BCUT2D eigenvalue weighted by Crippen LogP contribution is -2.57. The van der Waals surface area contributed by atoms with Crippen molar-refractivity contribution in [3.05, 3.63) is 0 Å². The van der Waals surface area contributed by atoms with Gasteiger partial charge >= 0.3 is 0 Å². The molecule has 0 aromatic carbocycles. The topological polar surface area (TPSA) is 37.3 Å². The number of aliphatic hydroxyl groups is 1. The third kappa shape index (κ3) is 2.69. The van der Waals surface area contributed by atoms with Gasteiger partial charge in [0.05, 0.1) is 6.10 Å². The van der Waals surface area contributed by atoms with Crippen LogP contribution in [-0.4, -0.2) is 17.0 Å². The predicted molar refractivity (Wildman–Crippen MR) is 127 cm³/mol. The zero-order chi connectivity index (χ0) is 22.4. The Kier molecular flexibility index (Phi) is 4.94. The Morgan fingerprint density at radius 2 is 1.58 bits per heavy atom. The molecule has 0 bridgehead atoms. The number of rotatable bonds is 5. The monoisotopic (exact) mass is 428 g/mol. The number of fused-ring (bicyclic) bond motifs is 2. The number of ketones is 1. The molecule has 5 saturated carbocycles. The van der Waals surface area contributed by atoms with E-state index in [0.29, 0.717) is 27.4 Å². The van der Waals surface area contributed by atoms with E-state index in [1.54, 1.807) is 6.92 Å². The van der Waals surface area contributed by atoms with E-state index in [0.717, 1.165) is 42.9 Å². The lowest BCUT2D eigenvalue weighted by Gasteiger charge is -2.63. The van der Waals surface area contributed by atoms with Gasteiger partial charge in [0.25, 0.3) is 0 Å². The fourth-order valence-corrected chi connectivity index (χ4v) is 11.2. The molecule has 0 heterocycles. The molecule has 31 heavy (non-hydrogen) atoms. The molecule has 2 spiro atoms. The van der Waals surface area contributed by atoms with Crippen LogP contribution in [-0.2, 0) is 4.79 Å². The van der Waals surface area contributed by atoms with Crippen molar-refractivity contribution in [3.63, 3.8) is 0 Å². The molecule has 176 valence electrons. The van der Waals surface area contributed by atoms with Gasteiger partial charge in [0.15, 0.2) is 0 Å². The Morgan fingerprint density at radius 1 is 0.903 bits per heavy atom. The highest BCUT2D eigenvalue weighted by Gasteiger charge is 2.82. The highest BCUT2D eigenvalue weighted by Crippen LogP contribution is 2.89. The number of carbonyl (C=O) groups is 1. The van der Waals surface area contributed by atoms with Gasteiger partial charge in [-0.1, -0.05) is 41.0 Å². The summed E-state index contributed by atoms with van der Waals surface area (Å²) in [6, 6.07) is 0. The van der Waals surface area contributed by atoms with Gasteiger partial charge in [0.1, 0.15) is 5.78 Å². The molecule has 0 amide bonds. The highest BCUT2D eigenvalue weighted by molar-refractivity contribution is 5.75. The molecule has 2 nitrogen and oxygen atoms in total. The molecule has 0 radical (unpaired) electrons. The summed E-state index contributed by atoms with van der Waals surface area (Å²) < 4.78 is 0. The molecule has 5 aliphatic carbocycles. The van der Waals surface area contributed by atoms with Crippen LogP contribution in [0, 0.1) is 50.7 Å². The summed E-state index contributed by atoms with van der Waals surface area (Å²) >= 11 is 0. The summed E-state index contributed by atoms with van der Waals surface area (Å²) in [5, 5.41) is 10.8. The Labute approximate surface area is 191 Å². The van der Waals surface area contributed by atoms with Crippen LogP contribution in [0.2, 0.25) is 0 Å². The number of hydrogen-bond acceptors (Lipinski definition) is 2. The standard InChI is InChI=1S/C29H48O2/c1-19(8-7-9-20(2)30)21-12-14-27(6)23-11-10-22-25(3,4)24(31)13-15-28(22)18-29(23,28)17-16-26(21,27)5/h19,21-24,31H,7-18H2,1-6H3. The number of Topliss-reactive ketones (excluding diaryl/α,β-unsaturated/α-hetero) is 1. The first kappa shape index (κ1) is 22.4. The fraction of sp³-hybridized carbons (Fsp3) is 0.966. The Bertz CT molecular complexity index is 756. The molecule has 2 heteroatoms. The van der Waals surface area contributed by atoms with E-state index >= 15 is 0 Å². The summed E-state index contributed by atoms with van der Waals surface area (Å²) in [5.74, 6) is 3.56. The van der Waals surface area contributed by atoms with E-state index in [-0.39, 0.29) is 11.5 Å². The summed E-state index contributed by atoms with van der Waals surface area (Å²) in [6.07, 6.45) is 15.2. The molecule has 1 N–H and O–H groups in total. The van der Waals surface area contributed by atoms with E-state index in [1.807, 2.05) is 0 Å². The van der Waals surface area contributed by atoms with Gasteiger partial charge in [-0.05, 0) is 122 Å². The van der Waals surface area contributed by atoms with Gasteiger partial charge in [-0.3, -0.25) is 0 Å². The molecule has 5 aliphatic rings. The van der Waals surface area contributed by atoms with Crippen molar-refractivity contribution in [1.82, 2.24) is 0 Å². The summed E-state index contributed by atoms with van der Waals surface area (Å²) in [5.41, 5.74) is 2.19. The molecular formula is C29H48O2. The molecule has 9 unspecified atom stereocenters. The first-order valence-corrected chi connectivity index (χ1v) is 13.6. The minimum atomic E-state index is -0.103. The lowest BCUT2D eigenvalue weighted by atomic mass is 9.41. The van der Waals surface area contributed by atoms with Crippen LogP contribution in [0.4, 0.5) is 0 Å². The average molecular weight is 429 g/mol. The summed E-state index contributed by atoms with van der Waals surface area (Å²) in [6.45, 7) is 14.4. The zero-order valence-electron chi connectivity index (χ0n) is 21.2. The highest BCUT2D eigenvalue weighted by atomic mass is 16.3. The van der Waals surface area contributed by atoms with Crippen molar-refractivity contribution in [2.24, 2.45) is 50.7 Å². The molecule has 0 saturated heterocycles. The maximum Gasteiger partial charge on any atom is 0.129 e. The Morgan fingerprint density at radius 3 is 2.29 bits per heavy atom. The van der Waals surface area contributed by atoms with Crippen LogP contribution in [0.15, 0.2) is 0 Å². The van der Waals surface area contributed by atoms with Gasteiger partial charge in [0, 0.05) is 6.42 Å². The smallest absolute Gasteiger partial charge is 0.129 e. The van der Waals surface area contributed by atoms with Crippen LogP contribution in [0.1, 0.15) is 119 Å². The average Bonchev–Trinajstić information content (AvgIpc) is 3.27. The van der Waals surface area contributed by atoms with Gasteiger partial charge in [0.2, 0.25) is 0 Å². The van der Waals surface area contributed by atoms with Gasteiger partial charge in [-0.15, -0.1) is 0 Å². The second kappa shape index (κ2) is 6.83. The number of hydrogen-bond donors (Lipinski definition) is 1. The van der Waals surface area contributed by atoms with Crippen molar-refractivity contribution >= 4 is 5.78 Å². The fourth-order valence-electron chi connectivity index (χ4n) is 11.2. The SMILES string of the molecule is CC(=O)CCCC(C)C1CCC2(C)C3CCC4C(C)(C)C(O)CCC45CC35CCC12C. The Hall–Kier alpha value is -0.370. The quantitative estimate of drug-likeness (QED) is 0.503. The van der Waals surface area contributed by atoms with Crippen LogP contribution in [0.3, 0.4) is 0 Å². The molecule has 0 aliphatic heterocycles. The van der Waals surface area contributed by atoms with Gasteiger partial charge < -0.3 is 9.90 Å². The van der Waals surface area contributed by atoms with Crippen molar-refractivity contribution in [2.75, 3.05) is 0 Å². The molecule has 5 fully saturated rings. The largest absolute Gasteiger partial charge is 0.393 e. The second-order valence-electron chi connectivity index (χ2n) is 14.1. The first-order valence-electron chi connectivity index (χ1n) is 13.6. The Balaban J connectivity index is 1.39. The van der Waals surface area contributed by atoms with Crippen LogP contribution < -0.4 is 0 Å². The minimum absolute atomic E-state index is 0.0951. The van der Waals surface area contributed by atoms with E-state index in [4.69, 9.17) is 0 Å². The van der Waals surface area contributed by atoms with Crippen LogP contribution in [0.5, 0.6) is 0 Å². The third-order valence-electron chi connectivity index (χ3n) is 13.0. The molecular weight excluding hydrogens is 380 g/mol. The number of carbonyl (C=O) groups excluding carboxylic acids is 1. The third-order valence-corrected chi connectivity index (χ3v) is 13.0. The maximum atomic E-state index is 11.5. The zero-order valence-corrected chi connectivity index (χ0v) is 21.2. The first-order chi connectivity index (χ1) is 14.4. The van der Waals surface area contributed by atoms with E-state index < -0.39 is 0 Å².